The average Bonchev–Trinajstić information content (AvgIpc) is 3.19. The Bertz CT molecular complexity index is 751. The molecule has 0 fully saturated rings. The third-order valence-electron chi connectivity index (χ3n) is 4.33. The van der Waals surface area contributed by atoms with Crippen LogP contribution in [0.5, 0.6) is 0 Å². The molecule has 0 radical (unpaired) electrons. The van der Waals surface area contributed by atoms with Crippen molar-refractivity contribution in [2.24, 2.45) is 0 Å². The SMILES string of the molecule is CCCCNC(=O)c1csc(CN(CCCC)C(=O)C(Cl)c2ccccc2)n1. The molecule has 152 valence electrons. The number of hydrogen-bond acceptors (Lipinski definition) is 4. The summed E-state index contributed by atoms with van der Waals surface area (Å²) >= 11 is 7.85. The topological polar surface area (TPSA) is 62.3 Å². The first kappa shape index (κ1) is 22.4. The number of unbranched alkanes of at least 4 members (excludes halogenated alkanes) is 2. The number of aromatic nitrogens is 1. The minimum Gasteiger partial charge on any atom is -0.351 e. The Hall–Kier alpha value is -1.92. The van der Waals surface area contributed by atoms with E-state index in [2.05, 4.69) is 24.1 Å². The minimum atomic E-state index is -0.727. The van der Waals surface area contributed by atoms with Crippen molar-refractivity contribution in [1.29, 1.82) is 0 Å². The van der Waals surface area contributed by atoms with Crippen LogP contribution in [0, 0.1) is 0 Å². The molecule has 0 saturated heterocycles. The van der Waals surface area contributed by atoms with Crippen molar-refractivity contribution in [2.45, 2.75) is 51.5 Å². The summed E-state index contributed by atoms with van der Waals surface area (Å²) in [5, 5.41) is 4.62. The Morgan fingerprint density at radius 1 is 1.18 bits per heavy atom. The summed E-state index contributed by atoms with van der Waals surface area (Å²) in [7, 11) is 0. The molecule has 2 amide bonds. The van der Waals surface area contributed by atoms with Gasteiger partial charge in [-0.15, -0.1) is 22.9 Å². The third kappa shape index (κ3) is 6.60. The van der Waals surface area contributed by atoms with E-state index in [4.69, 9.17) is 11.6 Å². The molecular weight excluding hydrogens is 394 g/mol. The Kier molecular flexibility index (Phi) is 9.44. The van der Waals surface area contributed by atoms with Crippen LogP contribution in [0.1, 0.15) is 66.0 Å². The fourth-order valence-corrected chi connectivity index (χ4v) is 3.73. The second kappa shape index (κ2) is 11.8. The summed E-state index contributed by atoms with van der Waals surface area (Å²) in [5.41, 5.74) is 1.19. The first-order valence-electron chi connectivity index (χ1n) is 9.77. The summed E-state index contributed by atoms with van der Waals surface area (Å²) in [6.07, 6.45) is 3.83. The van der Waals surface area contributed by atoms with E-state index in [9.17, 15) is 9.59 Å². The number of rotatable bonds is 11. The van der Waals surface area contributed by atoms with Crippen LogP contribution in [0.3, 0.4) is 0 Å². The summed E-state index contributed by atoms with van der Waals surface area (Å²) in [4.78, 5) is 31.3. The number of nitrogens with one attached hydrogen (secondary N) is 1. The van der Waals surface area contributed by atoms with Crippen molar-refractivity contribution in [3.63, 3.8) is 0 Å². The summed E-state index contributed by atoms with van der Waals surface area (Å²) in [6.45, 7) is 5.79. The van der Waals surface area contributed by atoms with Gasteiger partial charge in [0.25, 0.3) is 5.91 Å². The zero-order valence-electron chi connectivity index (χ0n) is 16.5. The van der Waals surface area contributed by atoms with E-state index < -0.39 is 5.38 Å². The lowest BCUT2D eigenvalue weighted by atomic mass is 10.1. The van der Waals surface area contributed by atoms with E-state index in [0.29, 0.717) is 25.3 Å². The van der Waals surface area contributed by atoms with Gasteiger partial charge in [0.05, 0.1) is 6.54 Å². The van der Waals surface area contributed by atoms with Gasteiger partial charge in [-0.3, -0.25) is 9.59 Å². The molecule has 1 heterocycles. The van der Waals surface area contributed by atoms with Crippen LogP contribution in [0.25, 0.3) is 0 Å². The highest BCUT2D eigenvalue weighted by Crippen LogP contribution is 2.24. The Morgan fingerprint density at radius 2 is 1.89 bits per heavy atom. The molecule has 1 atom stereocenters. The van der Waals surface area contributed by atoms with Crippen molar-refractivity contribution in [1.82, 2.24) is 15.2 Å². The number of thiazole rings is 1. The second-order valence-corrected chi connectivity index (χ2v) is 8.00. The normalized spacial score (nSPS) is 11.8. The van der Waals surface area contributed by atoms with Gasteiger partial charge in [-0.1, -0.05) is 57.0 Å². The van der Waals surface area contributed by atoms with Gasteiger partial charge in [-0.2, -0.15) is 0 Å². The van der Waals surface area contributed by atoms with Gasteiger partial charge >= 0.3 is 0 Å². The molecule has 5 nitrogen and oxygen atoms in total. The number of nitrogens with zero attached hydrogens (tertiary/aromatic N) is 2. The maximum absolute atomic E-state index is 13.0. The number of benzene rings is 1. The largest absolute Gasteiger partial charge is 0.351 e. The molecule has 0 aliphatic carbocycles. The lowest BCUT2D eigenvalue weighted by molar-refractivity contribution is -0.131. The summed E-state index contributed by atoms with van der Waals surface area (Å²) in [5.74, 6) is -0.299. The van der Waals surface area contributed by atoms with Crippen molar-refractivity contribution in [3.8, 4) is 0 Å². The first-order chi connectivity index (χ1) is 13.6. The predicted molar refractivity (Wildman–Crippen MR) is 115 cm³/mol. The van der Waals surface area contributed by atoms with E-state index in [0.717, 1.165) is 36.3 Å². The third-order valence-corrected chi connectivity index (χ3v) is 5.60. The van der Waals surface area contributed by atoms with Crippen LogP contribution in [0.2, 0.25) is 0 Å². The van der Waals surface area contributed by atoms with Crippen molar-refractivity contribution >= 4 is 34.8 Å². The van der Waals surface area contributed by atoms with Crippen molar-refractivity contribution in [3.05, 3.63) is 52.0 Å². The van der Waals surface area contributed by atoms with Gasteiger partial charge in [0.1, 0.15) is 16.1 Å². The predicted octanol–water partition coefficient (Wildman–Crippen LogP) is 4.78. The Morgan fingerprint density at radius 3 is 2.57 bits per heavy atom. The van der Waals surface area contributed by atoms with Gasteiger partial charge in [-0.25, -0.2) is 4.98 Å². The van der Waals surface area contributed by atoms with E-state index in [-0.39, 0.29) is 11.8 Å². The molecule has 0 aliphatic heterocycles. The molecule has 1 N–H and O–H groups in total. The van der Waals surface area contributed by atoms with Gasteiger partial charge < -0.3 is 10.2 Å². The lowest BCUT2D eigenvalue weighted by Crippen LogP contribution is -2.34. The van der Waals surface area contributed by atoms with Crippen LogP contribution in [0.15, 0.2) is 35.7 Å². The second-order valence-electron chi connectivity index (χ2n) is 6.62. The van der Waals surface area contributed by atoms with Gasteiger partial charge in [-0.05, 0) is 18.4 Å². The number of carbonyl (C=O) groups excluding carboxylic acids is 2. The lowest BCUT2D eigenvalue weighted by Gasteiger charge is -2.24. The monoisotopic (exact) mass is 421 g/mol. The van der Waals surface area contributed by atoms with Crippen LogP contribution in [-0.2, 0) is 11.3 Å². The fraction of sp³-hybridized carbons (Fsp3) is 0.476. The van der Waals surface area contributed by atoms with Gasteiger partial charge in [0, 0.05) is 18.5 Å². The zero-order chi connectivity index (χ0) is 20.4. The number of halogens is 1. The van der Waals surface area contributed by atoms with Crippen LogP contribution in [-0.4, -0.2) is 34.8 Å². The Balaban J connectivity index is 2.05. The van der Waals surface area contributed by atoms with Gasteiger partial charge in [0.2, 0.25) is 5.91 Å². The van der Waals surface area contributed by atoms with Crippen LogP contribution >= 0.6 is 22.9 Å². The standard InChI is InChI=1S/C21H28ClN3O2S/c1-3-5-12-23-20(26)17-15-28-18(24-17)14-25(13-6-4-2)21(27)19(22)16-10-8-7-9-11-16/h7-11,15,19H,3-6,12-14H2,1-2H3,(H,23,26). The van der Waals surface area contributed by atoms with Crippen LogP contribution in [0.4, 0.5) is 0 Å². The summed E-state index contributed by atoms with van der Waals surface area (Å²) in [6, 6.07) is 9.36. The number of hydrogen-bond donors (Lipinski definition) is 1. The highest BCUT2D eigenvalue weighted by molar-refractivity contribution is 7.09. The average molecular weight is 422 g/mol. The molecule has 2 aromatic rings. The molecule has 0 saturated carbocycles. The number of amides is 2. The Labute approximate surface area is 176 Å². The fourth-order valence-electron chi connectivity index (χ4n) is 2.66. The summed E-state index contributed by atoms with van der Waals surface area (Å²) < 4.78 is 0. The van der Waals surface area contributed by atoms with Gasteiger partial charge in [0.15, 0.2) is 0 Å². The smallest absolute Gasteiger partial charge is 0.270 e. The van der Waals surface area contributed by atoms with E-state index in [1.54, 1.807) is 10.3 Å². The maximum Gasteiger partial charge on any atom is 0.270 e. The molecule has 2 rings (SSSR count). The molecule has 1 unspecified atom stereocenters. The molecule has 0 aliphatic rings. The maximum atomic E-state index is 13.0. The quantitative estimate of drug-likeness (QED) is 0.419. The molecule has 1 aromatic carbocycles. The van der Waals surface area contributed by atoms with Crippen LogP contribution < -0.4 is 5.32 Å². The van der Waals surface area contributed by atoms with Crippen molar-refractivity contribution in [2.75, 3.05) is 13.1 Å². The number of carbonyl (C=O) groups is 2. The van der Waals surface area contributed by atoms with Crippen molar-refractivity contribution < 1.29 is 9.59 Å². The molecule has 0 spiro atoms. The minimum absolute atomic E-state index is 0.134. The first-order valence-corrected chi connectivity index (χ1v) is 11.1. The molecule has 1 aromatic heterocycles. The molecule has 0 bridgehead atoms. The number of alkyl halides is 1. The zero-order valence-corrected chi connectivity index (χ0v) is 18.1. The highest BCUT2D eigenvalue weighted by Gasteiger charge is 2.24. The highest BCUT2D eigenvalue weighted by atomic mass is 35.5. The van der Waals surface area contributed by atoms with E-state index in [1.165, 1.54) is 11.3 Å². The molecular formula is C21H28ClN3O2S. The van der Waals surface area contributed by atoms with E-state index >= 15 is 0 Å². The van der Waals surface area contributed by atoms with E-state index in [1.807, 2.05) is 30.3 Å². The molecule has 28 heavy (non-hydrogen) atoms. The molecule has 7 heteroatoms.